The zero-order valence-corrected chi connectivity index (χ0v) is 12.3. The van der Waals surface area contributed by atoms with E-state index in [0.29, 0.717) is 6.42 Å². The largest absolute Gasteiger partial charge is 0.497 e. The highest BCUT2D eigenvalue weighted by molar-refractivity contribution is 5.88. The van der Waals surface area contributed by atoms with Crippen molar-refractivity contribution in [1.82, 2.24) is 4.98 Å². The van der Waals surface area contributed by atoms with Gasteiger partial charge in [0.1, 0.15) is 5.75 Å². The molecule has 0 fully saturated rings. The lowest BCUT2D eigenvalue weighted by Gasteiger charge is -2.04. The topological polar surface area (TPSA) is 62.3 Å². The zero-order valence-electron chi connectivity index (χ0n) is 12.3. The summed E-state index contributed by atoms with van der Waals surface area (Å²) < 4.78 is 5.17. The molecule has 0 aliphatic carbocycles. The molecule has 0 aliphatic rings. The molecule has 0 unspecified atom stereocenters. The number of nitrogens with one attached hydrogen (secondary N) is 1. The number of carboxylic acid groups (broad SMARTS) is 1. The Balaban J connectivity index is 1.91. The van der Waals surface area contributed by atoms with Gasteiger partial charge >= 0.3 is 5.97 Å². The second-order valence-electron chi connectivity index (χ2n) is 5.20. The van der Waals surface area contributed by atoms with Crippen LogP contribution in [0, 0.1) is 0 Å². The lowest BCUT2D eigenvalue weighted by molar-refractivity contribution is -0.136. The van der Waals surface area contributed by atoms with E-state index in [9.17, 15) is 4.79 Å². The van der Waals surface area contributed by atoms with Crippen LogP contribution in [0.2, 0.25) is 0 Å². The van der Waals surface area contributed by atoms with Crippen LogP contribution in [0.3, 0.4) is 0 Å². The van der Waals surface area contributed by atoms with Crippen LogP contribution in [0.25, 0.3) is 22.0 Å². The van der Waals surface area contributed by atoms with Gasteiger partial charge in [0.05, 0.1) is 7.11 Å². The Morgan fingerprint density at radius 2 is 1.86 bits per heavy atom. The lowest BCUT2D eigenvalue weighted by Crippen LogP contribution is -1.96. The summed E-state index contributed by atoms with van der Waals surface area (Å²) in [4.78, 5) is 13.9. The predicted octanol–water partition coefficient (Wildman–Crippen LogP) is 3.86. The summed E-state index contributed by atoms with van der Waals surface area (Å²) in [6.07, 6.45) is 2.58. The fraction of sp³-hybridized carbons (Fsp3) is 0.167. The maximum Gasteiger partial charge on any atom is 0.303 e. The van der Waals surface area contributed by atoms with Gasteiger partial charge in [0.15, 0.2) is 0 Å². The number of carbonyl (C=O) groups is 1. The molecule has 112 valence electrons. The van der Waals surface area contributed by atoms with Crippen molar-refractivity contribution in [2.24, 2.45) is 0 Å². The van der Waals surface area contributed by atoms with Gasteiger partial charge in [-0.25, -0.2) is 0 Å². The van der Waals surface area contributed by atoms with Crippen molar-refractivity contribution >= 4 is 16.9 Å². The summed E-state index contributed by atoms with van der Waals surface area (Å²) in [5, 5.41) is 9.88. The number of benzene rings is 2. The van der Waals surface area contributed by atoms with E-state index < -0.39 is 5.97 Å². The Hall–Kier alpha value is -2.75. The van der Waals surface area contributed by atoms with Gasteiger partial charge in [-0.05, 0) is 41.3 Å². The van der Waals surface area contributed by atoms with E-state index in [1.807, 2.05) is 36.5 Å². The predicted molar refractivity (Wildman–Crippen MR) is 86.2 cm³/mol. The van der Waals surface area contributed by atoms with Crippen LogP contribution in [0.4, 0.5) is 0 Å². The highest BCUT2D eigenvalue weighted by Gasteiger charge is 2.07. The van der Waals surface area contributed by atoms with Gasteiger partial charge in [-0.3, -0.25) is 4.79 Å². The van der Waals surface area contributed by atoms with Crippen molar-refractivity contribution in [3.05, 3.63) is 54.2 Å². The van der Waals surface area contributed by atoms with Gasteiger partial charge in [0.2, 0.25) is 0 Å². The van der Waals surface area contributed by atoms with E-state index >= 15 is 0 Å². The molecule has 0 radical (unpaired) electrons. The maximum atomic E-state index is 10.7. The molecule has 4 heteroatoms. The molecule has 2 aromatic carbocycles. The summed E-state index contributed by atoms with van der Waals surface area (Å²) >= 11 is 0. The third-order valence-electron chi connectivity index (χ3n) is 3.80. The number of hydrogen-bond acceptors (Lipinski definition) is 2. The van der Waals surface area contributed by atoms with Crippen molar-refractivity contribution in [2.75, 3.05) is 7.11 Å². The van der Waals surface area contributed by atoms with E-state index in [1.165, 1.54) is 0 Å². The standard InChI is InChI=1S/C18H17NO3/c1-22-15-6-2-12(3-7-15)13-4-8-16-14(5-9-18(20)21)11-19-17(16)10-13/h2-4,6-8,10-11,19H,5,9H2,1H3,(H,20,21). The van der Waals surface area contributed by atoms with Crippen LogP contribution < -0.4 is 4.74 Å². The van der Waals surface area contributed by atoms with Crippen LogP contribution in [-0.2, 0) is 11.2 Å². The molecule has 1 heterocycles. The fourth-order valence-electron chi connectivity index (χ4n) is 2.60. The molecule has 0 bridgehead atoms. The summed E-state index contributed by atoms with van der Waals surface area (Å²) in [5.74, 6) is 0.0601. The first-order chi connectivity index (χ1) is 10.7. The monoisotopic (exact) mass is 295 g/mol. The first kappa shape index (κ1) is 14.2. The van der Waals surface area contributed by atoms with Crippen molar-refractivity contribution in [3.63, 3.8) is 0 Å². The molecule has 3 rings (SSSR count). The van der Waals surface area contributed by atoms with Crippen LogP contribution in [-0.4, -0.2) is 23.2 Å². The number of rotatable bonds is 5. The molecule has 22 heavy (non-hydrogen) atoms. The average molecular weight is 295 g/mol. The van der Waals surface area contributed by atoms with Crippen LogP contribution in [0.1, 0.15) is 12.0 Å². The number of fused-ring (bicyclic) bond motifs is 1. The molecule has 1 aromatic heterocycles. The molecule has 0 aliphatic heterocycles. The number of ether oxygens (including phenoxy) is 1. The molecular formula is C18H17NO3. The molecule has 3 aromatic rings. The maximum absolute atomic E-state index is 10.7. The third kappa shape index (κ3) is 2.81. The number of aromatic nitrogens is 1. The minimum absolute atomic E-state index is 0.146. The molecule has 2 N–H and O–H groups in total. The van der Waals surface area contributed by atoms with Gasteiger partial charge in [-0.15, -0.1) is 0 Å². The number of aryl methyl sites for hydroxylation is 1. The number of aliphatic carboxylic acids is 1. The number of carboxylic acids is 1. The van der Waals surface area contributed by atoms with Gasteiger partial charge in [-0.1, -0.05) is 24.3 Å². The molecule has 0 atom stereocenters. The van der Waals surface area contributed by atoms with E-state index in [-0.39, 0.29) is 6.42 Å². The molecular weight excluding hydrogens is 278 g/mol. The van der Waals surface area contributed by atoms with Crippen molar-refractivity contribution in [2.45, 2.75) is 12.8 Å². The van der Waals surface area contributed by atoms with E-state index in [2.05, 4.69) is 17.1 Å². The molecule has 0 saturated carbocycles. The van der Waals surface area contributed by atoms with Gasteiger partial charge in [-0.2, -0.15) is 0 Å². The van der Waals surface area contributed by atoms with Crippen molar-refractivity contribution in [3.8, 4) is 16.9 Å². The van der Waals surface area contributed by atoms with E-state index in [1.54, 1.807) is 7.11 Å². The summed E-state index contributed by atoms with van der Waals surface area (Å²) in [6.45, 7) is 0. The highest BCUT2D eigenvalue weighted by Crippen LogP contribution is 2.27. The summed E-state index contributed by atoms with van der Waals surface area (Å²) in [7, 11) is 1.65. The average Bonchev–Trinajstić information content (AvgIpc) is 2.95. The number of aromatic amines is 1. The van der Waals surface area contributed by atoms with Crippen LogP contribution in [0.15, 0.2) is 48.7 Å². The summed E-state index contributed by atoms with van der Waals surface area (Å²) in [5.41, 5.74) is 4.29. The molecule has 0 saturated heterocycles. The first-order valence-corrected chi connectivity index (χ1v) is 7.13. The number of H-pyrrole nitrogens is 1. The second-order valence-corrected chi connectivity index (χ2v) is 5.20. The Bertz CT molecular complexity index is 803. The molecule has 4 nitrogen and oxygen atoms in total. The van der Waals surface area contributed by atoms with E-state index in [4.69, 9.17) is 9.84 Å². The fourth-order valence-corrected chi connectivity index (χ4v) is 2.60. The molecule has 0 amide bonds. The van der Waals surface area contributed by atoms with Gasteiger partial charge < -0.3 is 14.8 Å². The normalized spacial score (nSPS) is 10.8. The first-order valence-electron chi connectivity index (χ1n) is 7.13. The minimum Gasteiger partial charge on any atom is -0.497 e. The van der Waals surface area contributed by atoms with Crippen molar-refractivity contribution < 1.29 is 14.6 Å². The van der Waals surface area contributed by atoms with Crippen LogP contribution in [0.5, 0.6) is 5.75 Å². The van der Waals surface area contributed by atoms with Gasteiger partial charge in [0.25, 0.3) is 0 Å². The lowest BCUT2D eigenvalue weighted by atomic mass is 10.0. The molecule has 0 spiro atoms. The Labute approximate surface area is 128 Å². The summed E-state index contributed by atoms with van der Waals surface area (Å²) in [6, 6.07) is 14.1. The quantitative estimate of drug-likeness (QED) is 0.751. The van der Waals surface area contributed by atoms with Gasteiger partial charge in [0, 0.05) is 23.5 Å². The Kier molecular flexibility index (Phi) is 3.83. The Morgan fingerprint density at radius 1 is 1.14 bits per heavy atom. The third-order valence-corrected chi connectivity index (χ3v) is 3.80. The SMILES string of the molecule is COc1ccc(-c2ccc3c(CCC(=O)O)c[nH]c3c2)cc1. The van der Waals surface area contributed by atoms with E-state index in [0.717, 1.165) is 33.3 Å². The van der Waals surface area contributed by atoms with Crippen LogP contribution >= 0.6 is 0 Å². The Morgan fingerprint density at radius 3 is 2.55 bits per heavy atom. The number of methoxy groups -OCH3 is 1. The second kappa shape index (κ2) is 5.93. The highest BCUT2D eigenvalue weighted by atomic mass is 16.5. The number of hydrogen-bond donors (Lipinski definition) is 2. The minimum atomic E-state index is -0.774. The zero-order chi connectivity index (χ0) is 15.5. The smallest absolute Gasteiger partial charge is 0.303 e. The van der Waals surface area contributed by atoms with Crippen molar-refractivity contribution in [1.29, 1.82) is 0 Å².